The van der Waals surface area contributed by atoms with Crippen LogP contribution in [0.3, 0.4) is 0 Å². The fourth-order valence-corrected chi connectivity index (χ4v) is 0.926. The van der Waals surface area contributed by atoms with Gasteiger partial charge in [-0.1, -0.05) is 13.8 Å². The van der Waals surface area contributed by atoms with Crippen LogP contribution in [0.25, 0.3) is 0 Å². The first-order valence-corrected chi connectivity index (χ1v) is 4.02. The summed E-state index contributed by atoms with van der Waals surface area (Å²) in [7, 11) is 0. The largest absolute Gasteiger partial charge is 0.433 e. The molecule has 2 N–H and O–H groups in total. The number of hydrogen-bond acceptors (Lipinski definition) is 3. The van der Waals surface area contributed by atoms with Gasteiger partial charge in [0.15, 0.2) is 0 Å². The Morgan fingerprint density at radius 2 is 1.86 bits per heavy atom. The normalized spacial score (nSPS) is 12.1. The van der Waals surface area contributed by atoms with E-state index in [1.54, 1.807) is 13.8 Å². The van der Waals surface area contributed by atoms with E-state index in [1.807, 2.05) is 0 Å². The van der Waals surface area contributed by atoms with Gasteiger partial charge in [0.2, 0.25) is 5.95 Å². The molecule has 1 aromatic heterocycles. The molecule has 0 aromatic carbocycles. The highest BCUT2D eigenvalue weighted by Crippen LogP contribution is 2.29. The topological polar surface area (TPSA) is 51.8 Å². The van der Waals surface area contributed by atoms with Crippen LogP contribution >= 0.6 is 0 Å². The Morgan fingerprint density at radius 3 is 2.29 bits per heavy atom. The number of aromatic nitrogens is 2. The summed E-state index contributed by atoms with van der Waals surface area (Å²) in [6.45, 7) is 3.48. The third-order valence-corrected chi connectivity index (χ3v) is 1.65. The second kappa shape index (κ2) is 3.43. The fraction of sp³-hybridized carbons (Fsp3) is 0.500. The molecule has 0 bridgehead atoms. The van der Waals surface area contributed by atoms with Gasteiger partial charge in [-0.25, -0.2) is 9.97 Å². The molecule has 1 rings (SSSR count). The van der Waals surface area contributed by atoms with Crippen LogP contribution in [0.15, 0.2) is 6.07 Å². The minimum atomic E-state index is -4.47. The van der Waals surface area contributed by atoms with E-state index >= 15 is 0 Å². The van der Waals surface area contributed by atoms with E-state index in [1.165, 1.54) is 0 Å². The minimum Gasteiger partial charge on any atom is -0.368 e. The third-order valence-electron chi connectivity index (χ3n) is 1.65. The zero-order chi connectivity index (χ0) is 10.9. The summed E-state index contributed by atoms with van der Waals surface area (Å²) in [5.74, 6) is -0.454. The van der Waals surface area contributed by atoms with Crippen molar-refractivity contribution < 1.29 is 13.2 Å². The molecule has 0 fully saturated rings. The number of nitrogens with zero attached hydrogens (tertiary/aromatic N) is 2. The van der Waals surface area contributed by atoms with Gasteiger partial charge in [0.1, 0.15) is 5.69 Å². The van der Waals surface area contributed by atoms with Crippen LogP contribution in [0.4, 0.5) is 19.1 Å². The highest BCUT2D eigenvalue weighted by Gasteiger charge is 2.33. The molecule has 0 radical (unpaired) electrons. The quantitative estimate of drug-likeness (QED) is 0.764. The SMILES string of the molecule is CC(C)c1cc(C(F)(F)F)nc(N)n1. The Balaban J connectivity index is 3.21. The summed E-state index contributed by atoms with van der Waals surface area (Å²) in [5.41, 5.74) is 4.48. The van der Waals surface area contributed by atoms with Crippen LogP contribution in [0.5, 0.6) is 0 Å². The third kappa shape index (κ3) is 2.34. The van der Waals surface area contributed by atoms with Crippen LogP contribution in [-0.4, -0.2) is 9.97 Å². The van der Waals surface area contributed by atoms with E-state index in [9.17, 15) is 13.2 Å². The van der Waals surface area contributed by atoms with Crippen LogP contribution in [0, 0.1) is 0 Å². The van der Waals surface area contributed by atoms with E-state index in [4.69, 9.17) is 5.73 Å². The van der Waals surface area contributed by atoms with E-state index in [2.05, 4.69) is 9.97 Å². The second-order valence-corrected chi connectivity index (χ2v) is 3.19. The van der Waals surface area contributed by atoms with Gasteiger partial charge in [0.05, 0.1) is 0 Å². The zero-order valence-electron chi connectivity index (χ0n) is 7.76. The van der Waals surface area contributed by atoms with E-state index in [0.29, 0.717) is 5.69 Å². The van der Waals surface area contributed by atoms with Crippen LogP contribution < -0.4 is 5.73 Å². The molecule has 0 unspecified atom stereocenters. The Labute approximate surface area is 79.2 Å². The molecule has 0 aliphatic rings. The Morgan fingerprint density at radius 1 is 1.29 bits per heavy atom. The molecule has 0 saturated heterocycles. The molecule has 14 heavy (non-hydrogen) atoms. The first-order valence-electron chi connectivity index (χ1n) is 4.02. The van der Waals surface area contributed by atoms with Crippen LogP contribution in [-0.2, 0) is 6.18 Å². The van der Waals surface area contributed by atoms with Gasteiger partial charge < -0.3 is 5.73 Å². The van der Waals surface area contributed by atoms with Crippen molar-refractivity contribution in [2.75, 3.05) is 5.73 Å². The van der Waals surface area contributed by atoms with Gasteiger partial charge in [-0.05, 0) is 12.0 Å². The maximum absolute atomic E-state index is 12.3. The van der Waals surface area contributed by atoms with Gasteiger partial charge >= 0.3 is 6.18 Å². The second-order valence-electron chi connectivity index (χ2n) is 3.19. The van der Waals surface area contributed by atoms with Crippen molar-refractivity contribution in [3.05, 3.63) is 17.5 Å². The summed E-state index contributed by atoms with van der Waals surface area (Å²) in [5, 5.41) is 0. The molecule has 3 nitrogen and oxygen atoms in total. The molecule has 0 spiro atoms. The predicted molar refractivity (Wildman–Crippen MR) is 45.5 cm³/mol. The molecule has 0 aliphatic carbocycles. The Kier molecular flexibility index (Phi) is 2.64. The number of rotatable bonds is 1. The first kappa shape index (κ1) is 10.7. The zero-order valence-corrected chi connectivity index (χ0v) is 7.76. The summed E-state index contributed by atoms with van der Waals surface area (Å²) in [4.78, 5) is 6.84. The van der Waals surface area contributed by atoms with E-state index < -0.39 is 11.9 Å². The van der Waals surface area contributed by atoms with Crippen molar-refractivity contribution in [3.8, 4) is 0 Å². The number of hydrogen-bond donors (Lipinski definition) is 1. The lowest BCUT2D eigenvalue weighted by Crippen LogP contribution is -2.12. The first-order chi connectivity index (χ1) is 6.30. The van der Waals surface area contributed by atoms with Gasteiger partial charge in [0.25, 0.3) is 0 Å². The molecule has 1 aromatic rings. The summed E-state index contributed by atoms with van der Waals surface area (Å²) < 4.78 is 36.8. The summed E-state index contributed by atoms with van der Waals surface area (Å²) >= 11 is 0. The number of alkyl halides is 3. The number of nitrogens with two attached hydrogens (primary N) is 1. The van der Waals surface area contributed by atoms with Crippen molar-refractivity contribution in [1.29, 1.82) is 0 Å². The molecule has 0 saturated carbocycles. The van der Waals surface area contributed by atoms with E-state index in [0.717, 1.165) is 6.07 Å². The highest BCUT2D eigenvalue weighted by atomic mass is 19.4. The molecule has 0 amide bonds. The van der Waals surface area contributed by atoms with Crippen LogP contribution in [0.1, 0.15) is 31.2 Å². The molecular weight excluding hydrogens is 195 g/mol. The number of anilines is 1. The van der Waals surface area contributed by atoms with Gasteiger partial charge in [0, 0.05) is 5.69 Å². The fourth-order valence-electron chi connectivity index (χ4n) is 0.926. The Hall–Kier alpha value is -1.33. The Bertz CT molecular complexity index is 333. The molecule has 0 aliphatic heterocycles. The van der Waals surface area contributed by atoms with Crippen molar-refractivity contribution >= 4 is 5.95 Å². The maximum Gasteiger partial charge on any atom is 0.433 e. The predicted octanol–water partition coefficient (Wildman–Crippen LogP) is 2.20. The average Bonchev–Trinajstić information content (AvgIpc) is 2.01. The lowest BCUT2D eigenvalue weighted by Gasteiger charge is -2.10. The number of halogens is 3. The van der Waals surface area contributed by atoms with Gasteiger partial charge in [-0.2, -0.15) is 13.2 Å². The average molecular weight is 205 g/mol. The van der Waals surface area contributed by atoms with Gasteiger partial charge in [-0.15, -0.1) is 0 Å². The highest BCUT2D eigenvalue weighted by molar-refractivity contribution is 5.25. The lowest BCUT2D eigenvalue weighted by molar-refractivity contribution is -0.141. The van der Waals surface area contributed by atoms with Crippen molar-refractivity contribution in [2.24, 2.45) is 0 Å². The van der Waals surface area contributed by atoms with Crippen molar-refractivity contribution in [2.45, 2.75) is 25.9 Å². The maximum atomic E-state index is 12.3. The van der Waals surface area contributed by atoms with E-state index in [-0.39, 0.29) is 11.9 Å². The summed E-state index contributed by atoms with van der Waals surface area (Å²) in [6, 6.07) is 0.918. The minimum absolute atomic E-state index is 0.110. The van der Waals surface area contributed by atoms with Gasteiger partial charge in [-0.3, -0.25) is 0 Å². The molecule has 1 heterocycles. The van der Waals surface area contributed by atoms with Crippen LogP contribution in [0.2, 0.25) is 0 Å². The molecule has 78 valence electrons. The number of nitrogen functional groups attached to an aromatic ring is 1. The smallest absolute Gasteiger partial charge is 0.368 e. The lowest BCUT2D eigenvalue weighted by atomic mass is 10.1. The standard InChI is InChI=1S/C8H10F3N3/c1-4(2)5-3-6(8(9,10)11)14-7(12)13-5/h3-4H,1-2H3,(H2,12,13,14). The molecule has 0 atom stereocenters. The van der Waals surface area contributed by atoms with Crippen molar-refractivity contribution in [3.63, 3.8) is 0 Å². The van der Waals surface area contributed by atoms with Crippen molar-refractivity contribution in [1.82, 2.24) is 9.97 Å². The molecule has 6 heteroatoms. The summed E-state index contributed by atoms with van der Waals surface area (Å²) in [6.07, 6.45) is -4.47. The molecular formula is C8H10F3N3. The monoisotopic (exact) mass is 205 g/mol.